The fourth-order valence-corrected chi connectivity index (χ4v) is 2.79. The maximum Gasteiger partial charge on any atom is 0.248 e. The van der Waals surface area contributed by atoms with Gasteiger partial charge in [0.05, 0.1) is 18.2 Å². The van der Waals surface area contributed by atoms with Crippen molar-refractivity contribution in [1.82, 2.24) is 5.48 Å². The lowest BCUT2D eigenvalue weighted by Crippen LogP contribution is -2.33. The Balaban J connectivity index is 1.86. The Bertz CT molecular complexity index is 709. The number of nitrogens with zero attached hydrogens (tertiary/aromatic N) is 1. The molecule has 1 N–H and O–H groups in total. The van der Waals surface area contributed by atoms with Gasteiger partial charge in [0.1, 0.15) is 0 Å². The number of fused-ring (bicyclic) bond motifs is 1. The van der Waals surface area contributed by atoms with E-state index < -0.39 is 0 Å². The maximum absolute atomic E-state index is 12.3. The first-order valence-electron chi connectivity index (χ1n) is 7.40. The average molecular weight is 298 g/mol. The van der Waals surface area contributed by atoms with Gasteiger partial charge in [0.25, 0.3) is 0 Å². The third-order valence-corrected chi connectivity index (χ3v) is 3.87. The quantitative estimate of drug-likeness (QED) is 0.881. The van der Waals surface area contributed by atoms with Crippen molar-refractivity contribution in [3.05, 3.63) is 42.5 Å². The Morgan fingerprint density at radius 2 is 2.05 bits per heavy atom. The van der Waals surface area contributed by atoms with E-state index in [4.69, 9.17) is 4.84 Å². The summed E-state index contributed by atoms with van der Waals surface area (Å²) in [5.74, 6) is -0.649. The van der Waals surface area contributed by atoms with Gasteiger partial charge in [-0.25, -0.2) is 5.48 Å². The molecular weight excluding hydrogens is 280 g/mol. The van der Waals surface area contributed by atoms with Crippen LogP contribution in [0.25, 0.3) is 10.8 Å². The summed E-state index contributed by atoms with van der Waals surface area (Å²) in [5.41, 5.74) is 3.24. The molecule has 1 saturated heterocycles. The number of nitrogens with one attached hydrogen (secondary N) is 1. The molecule has 0 aromatic heterocycles. The lowest BCUT2D eigenvalue weighted by molar-refractivity contribution is -0.137. The number of amides is 2. The minimum atomic E-state index is -0.377. The molecule has 0 radical (unpaired) electrons. The van der Waals surface area contributed by atoms with Gasteiger partial charge in [-0.2, -0.15) is 0 Å². The van der Waals surface area contributed by atoms with E-state index in [1.807, 2.05) is 42.5 Å². The SMILES string of the molecule is CCONC(=O)[C@H]1CC(=O)N(c2cccc3ccccc23)C1. The van der Waals surface area contributed by atoms with Gasteiger partial charge in [0.15, 0.2) is 0 Å². The first-order valence-corrected chi connectivity index (χ1v) is 7.40. The Morgan fingerprint density at radius 1 is 1.27 bits per heavy atom. The highest BCUT2D eigenvalue weighted by atomic mass is 16.6. The third-order valence-electron chi connectivity index (χ3n) is 3.87. The van der Waals surface area contributed by atoms with Gasteiger partial charge in [0.2, 0.25) is 11.8 Å². The number of anilines is 1. The highest BCUT2D eigenvalue weighted by Crippen LogP contribution is 2.31. The molecule has 1 atom stereocenters. The smallest absolute Gasteiger partial charge is 0.248 e. The summed E-state index contributed by atoms with van der Waals surface area (Å²) in [7, 11) is 0. The molecule has 0 aliphatic carbocycles. The second kappa shape index (κ2) is 6.15. The molecule has 5 heteroatoms. The predicted molar refractivity (Wildman–Crippen MR) is 84.2 cm³/mol. The summed E-state index contributed by atoms with van der Waals surface area (Å²) < 4.78 is 0. The van der Waals surface area contributed by atoms with E-state index in [2.05, 4.69) is 5.48 Å². The number of hydroxylamine groups is 1. The van der Waals surface area contributed by atoms with E-state index in [0.29, 0.717) is 13.2 Å². The van der Waals surface area contributed by atoms with E-state index in [1.165, 1.54) is 0 Å². The van der Waals surface area contributed by atoms with E-state index in [-0.39, 0.29) is 24.2 Å². The van der Waals surface area contributed by atoms with Gasteiger partial charge < -0.3 is 4.90 Å². The van der Waals surface area contributed by atoms with Crippen LogP contribution in [0.1, 0.15) is 13.3 Å². The largest absolute Gasteiger partial charge is 0.311 e. The van der Waals surface area contributed by atoms with Crippen molar-refractivity contribution in [3.63, 3.8) is 0 Å². The van der Waals surface area contributed by atoms with Crippen LogP contribution in [0.5, 0.6) is 0 Å². The number of benzene rings is 2. The number of rotatable bonds is 4. The molecule has 1 fully saturated rings. The molecule has 2 aromatic rings. The molecule has 3 rings (SSSR count). The van der Waals surface area contributed by atoms with Crippen molar-refractivity contribution >= 4 is 28.3 Å². The molecule has 0 spiro atoms. The van der Waals surface area contributed by atoms with Gasteiger partial charge >= 0.3 is 0 Å². The summed E-state index contributed by atoms with van der Waals surface area (Å²) in [4.78, 5) is 30.9. The summed E-state index contributed by atoms with van der Waals surface area (Å²) in [6.45, 7) is 2.58. The number of carbonyl (C=O) groups is 2. The molecule has 1 aliphatic heterocycles. The lowest BCUT2D eigenvalue weighted by Gasteiger charge is -2.19. The van der Waals surface area contributed by atoms with Gasteiger partial charge in [-0.05, 0) is 18.4 Å². The van der Waals surface area contributed by atoms with Crippen LogP contribution in [0.15, 0.2) is 42.5 Å². The number of carbonyl (C=O) groups excluding carboxylic acids is 2. The van der Waals surface area contributed by atoms with E-state index in [1.54, 1.807) is 11.8 Å². The minimum Gasteiger partial charge on any atom is -0.311 e. The second-order valence-corrected chi connectivity index (χ2v) is 5.30. The van der Waals surface area contributed by atoms with Crippen LogP contribution < -0.4 is 10.4 Å². The number of hydrogen-bond acceptors (Lipinski definition) is 3. The van der Waals surface area contributed by atoms with Crippen LogP contribution in [0.3, 0.4) is 0 Å². The molecule has 1 aliphatic rings. The van der Waals surface area contributed by atoms with Gasteiger partial charge in [0, 0.05) is 18.4 Å². The van der Waals surface area contributed by atoms with Crippen LogP contribution in [-0.4, -0.2) is 25.0 Å². The zero-order valence-corrected chi connectivity index (χ0v) is 12.4. The highest BCUT2D eigenvalue weighted by molar-refractivity contribution is 6.06. The highest BCUT2D eigenvalue weighted by Gasteiger charge is 2.35. The Kier molecular flexibility index (Phi) is 4.06. The topological polar surface area (TPSA) is 58.6 Å². The van der Waals surface area contributed by atoms with Gasteiger partial charge in [-0.3, -0.25) is 14.4 Å². The maximum atomic E-state index is 12.3. The summed E-state index contributed by atoms with van der Waals surface area (Å²) in [5, 5.41) is 2.10. The normalized spacial score (nSPS) is 18.0. The minimum absolute atomic E-state index is 0.0343. The van der Waals surface area contributed by atoms with Crippen LogP contribution in [0.4, 0.5) is 5.69 Å². The molecule has 0 bridgehead atoms. The third kappa shape index (κ3) is 2.67. The first-order chi connectivity index (χ1) is 10.7. The first kappa shape index (κ1) is 14.5. The van der Waals surface area contributed by atoms with E-state index >= 15 is 0 Å². The second-order valence-electron chi connectivity index (χ2n) is 5.30. The van der Waals surface area contributed by atoms with E-state index in [0.717, 1.165) is 16.5 Å². The van der Waals surface area contributed by atoms with Crippen LogP contribution in [-0.2, 0) is 14.4 Å². The average Bonchev–Trinajstić information content (AvgIpc) is 2.94. The van der Waals surface area contributed by atoms with Crippen molar-refractivity contribution in [2.75, 3.05) is 18.1 Å². The Morgan fingerprint density at radius 3 is 2.86 bits per heavy atom. The fraction of sp³-hybridized carbons (Fsp3) is 0.294. The molecule has 5 nitrogen and oxygen atoms in total. The van der Waals surface area contributed by atoms with Crippen molar-refractivity contribution in [1.29, 1.82) is 0 Å². The van der Waals surface area contributed by atoms with Crippen molar-refractivity contribution in [2.24, 2.45) is 5.92 Å². The van der Waals surface area contributed by atoms with Crippen LogP contribution in [0.2, 0.25) is 0 Å². The standard InChI is InChI=1S/C17H18N2O3/c1-2-22-18-17(21)13-10-16(20)19(11-13)15-9-5-7-12-6-3-4-8-14(12)15/h3-9,13H,2,10-11H2,1H3,(H,18,21)/t13-/m0/s1. The summed E-state index contributed by atoms with van der Waals surface area (Å²) >= 11 is 0. The summed E-state index contributed by atoms with van der Waals surface area (Å²) in [6.07, 6.45) is 0.210. The summed E-state index contributed by atoms with van der Waals surface area (Å²) in [6, 6.07) is 13.8. The molecule has 22 heavy (non-hydrogen) atoms. The van der Waals surface area contributed by atoms with Crippen molar-refractivity contribution in [3.8, 4) is 0 Å². The zero-order chi connectivity index (χ0) is 15.5. The molecular formula is C17H18N2O3. The Labute approximate surface area is 128 Å². The van der Waals surface area contributed by atoms with Crippen LogP contribution in [0, 0.1) is 5.92 Å². The van der Waals surface area contributed by atoms with Crippen molar-refractivity contribution < 1.29 is 14.4 Å². The zero-order valence-electron chi connectivity index (χ0n) is 12.4. The fourth-order valence-electron chi connectivity index (χ4n) is 2.79. The number of hydrogen-bond donors (Lipinski definition) is 1. The van der Waals surface area contributed by atoms with Crippen LogP contribution >= 0.6 is 0 Å². The lowest BCUT2D eigenvalue weighted by atomic mass is 10.1. The Hall–Kier alpha value is -2.40. The molecule has 0 unspecified atom stereocenters. The van der Waals surface area contributed by atoms with Gasteiger partial charge in [-0.15, -0.1) is 0 Å². The molecule has 114 valence electrons. The van der Waals surface area contributed by atoms with E-state index in [9.17, 15) is 9.59 Å². The molecule has 2 aromatic carbocycles. The predicted octanol–water partition coefficient (Wildman–Crippen LogP) is 2.26. The van der Waals surface area contributed by atoms with Crippen molar-refractivity contribution in [2.45, 2.75) is 13.3 Å². The molecule has 0 saturated carbocycles. The monoisotopic (exact) mass is 298 g/mol. The van der Waals surface area contributed by atoms with Gasteiger partial charge in [-0.1, -0.05) is 36.4 Å². The molecule has 1 heterocycles. The molecule has 2 amide bonds.